The van der Waals surface area contributed by atoms with Crippen LogP contribution in [0.4, 0.5) is 5.69 Å². The number of nitrogens with one attached hydrogen (secondary N) is 1. The largest absolute Gasteiger partial charge is 0.439 e. The Kier molecular flexibility index (Phi) is 7.53. The van der Waals surface area contributed by atoms with E-state index in [0.29, 0.717) is 23.2 Å². The lowest BCUT2D eigenvalue weighted by Gasteiger charge is -2.31. The predicted octanol–water partition coefficient (Wildman–Crippen LogP) is 3.74. The van der Waals surface area contributed by atoms with Crippen LogP contribution in [0.1, 0.15) is 23.6 Å². The zero-order chi connectivity index (χ0) is 23.9. The summed E-state index contributed by atoms with van der Waals surface area (Å²) in [6, 6.07) is 21.3. The molecule has 2 heterocycles. The van der Waals surface area contributed by atoms with Gasteiger partial charge in [-0.3, -0.25) is 9.69 Å². The Morgan fingerprint density at radius 1 is 1.21 bits per heavy atom. The summed E-state index contributed by atoms with van der Waals surface area (Å²) in [5, 5.41) is 12.5. The predicted molar refractivity (Wildman–Crippen MR) is 132 cm³/mol. The van der Waals surface area contributed by atoms with Crippen LogP contribution in [0.3, 0.4) is 0 Å². The summed E-state index contributed by atoms with van der Waals surface area (Å²) in [6.45, 7) is 6.25. The fourth-order valence-corrected chi connectivity index (χ4v) is 4.00. The van der Waals surface area contributed by atoms with Gasteiger partial charge in [-0.1, -0.05) is 24.3 Å². The van der Waals surface area contributed by atoms with Crippen LogP contribution in [0.5, 0.6) is 11.6 Å². The van der Waals surface area contributed by atoms with Crippen molar-refractivity contribution in [1.82, 2.24) is 15.2 Å². The van der Waals surface area contributed by atoms with Crippen LogP contribution < -0.4 is 15.0 Å². The van der Waals surface area contributed by atoms with E-state index in [1.165, 1.54) is 5.56 Å². The van der Waals surface area contributed by atoms with Crippen LogP contribution in [0, 0.1) is 11.3 Å². The van der Waals surface area contributed by atoms with Crippen LogP contribution in [-0.2, 0) is 17.8 Å². The zero-order valence-corrected chi connectivity index (χ0v) is 19.6. The van der Waals surface area contributed by atoms with Crippen molar-refractivity contribution < 1.29 is 9.53 Å². The minimum absolute atomic E-state index is 0.0131. The molecule has 0 bridgehead atoms. The average Bonchev–Trinajstić information content (AvgIpc) is 2.85. The number of anilines is 1. The quantitative estimate of drug-likeness (QED) is 0.585. The van der Waals surface area contributed by atoms with Crippen molar-refractivity contribution >= 4 is 11.6 Å². The molecule has 174 valence electrons. The molecule has 4 rings (SSSR count). The Morgan fingerprint density at radius 2 is 2.00 bits per heavy atom. The first-order valence-corrected chi connectivity index (χ1v) is 11.4. The second-order valence-corrected chi connectivity index (χ2v) is 8.63. The number of hydrogen-bond acceptors (Lipinski definition) is 6. The number of ether oxygens (including phenoxy) is 1. The van der Waals surface area contributed by atoms with Gasteiger partial charge in [0.2, 0.25) is 11.8 Å². The van der Waals surface area contributed by atoms with E-state index < -0.39 is 0 Å². The van der Waals surface area contributed by atoms with Gasteiger partial charge in [-0.25, -0.2) is 4.98 Å². The molecule has 0 unspecified atom stereocenters. The molecule has 1 amide bonds. The third-order valence-corrected chi connectivity index (χ3v) is 5.90. The average molecular weight is 456 g/mol. The highest BCUT2D eigenvalue weighted by Crippen LogP contribution is 2.21. The van der Waals surface area contributed by atoms with Gasteiger partial charge in [-0.05, 0) is 48.4 Å². The minimum Gasteiger partial charge on any atom is -0.439 e. The topological polar surface area (TPSA) is 81.5 Å². The smallest absolute Gasteiger partial charge is 0.231 e. The van der Waals surface area contributed by atoms with Gasteiger partial charge in [0, 0.05) is 57.2 Å². The van der Waals surface area contributed by atoms with Crippen molar-refractivity contribution in [2.24, 2.45) is 0 Å². The van der Waals surface area contributed by atoms with E-state index in [4.69, 9.17) is 10.00 Å². The molecule has 1 atom stereocenters. The third-order valence-electron chi connectivity index (χ3n) is 5.90. The van der Waals surface area contributed by atoms with Gasteiger partial charge >= 0.3 is 0 Å². The number of carbonyl (C=O) groups excluding carboxylic acids is 1. The zero-order valence-electron chi connectivity index (χ0n) is 19.6. The Morgan fingerprint density at radius 3 is 2.71 bits per heavy atom. The minimum atomic E-state index is -0.0131. The summed E-state index contributed by atoms with van der Waals surface area (Å²) in [5.74, 6) is 0.944. The molecule has 1 aliphatic rings. The summed E-state index contributed by atoms with van der Waals surface area (Å²) in [4.78, 5) is 21.2. The number of pyridine rings is 1. The van der Waals surface area contributed by atoms with E-state index in [0.717, 1.165) is 37.4 Å². The lowest BCUT2D eigenvalue weighted by atomic mass is 10.1. The van der Waals surface area contributed by atoms with Gasteiger partial charge in [0.1, 0.15) is 5.75 Å². The molecule has 3 aromatic rings. The summed E-state index contributed by atoms with van der Waals surface area (Å²) in [6.07, 6.45) is 1.89. The number of rotatable bonds is 7. The highest BCUT2D eigenvalue weighted by molar-refractivity contribution is 5.94. The lowest BCUT2D eigenvalue weighted by molar-refractivity contribution is -0.117. The molecule has 34 heavy (non-hydrogen) atoms. The maximum absolute atomic E-state index is 12.8. The monoisotopic (exact) mass is 455 g/mol. The molecule has 0 saturated carbocycles. The van der Waals surface area contributed by atoms with Crippen molar-refractivity contribution in [1.29, 1.82) is 5.26 Å². The van der Waals surface area contributed by atoms with Crippen molar-refractivity contribution in [3.05, 3.63) is 83.6 Å². The number of likely N-dealkylation sites (N-methyl/N-ethyl adjacent to an activating group) is 1. The fourth-order valence-electron chi connectivity index (χ4n) is 4.00. The first kappa shape index (κ1) is 23.4. The summed E-state index contributed by atoms with van der Waals surface area (Å²) < 4.78 is 5.70. The molecule has 1 aliphatic heterocycles. The Balaban J connectivity index is 1.31. The summed E-state index contributed by atoms with van der Waals surface area (Å²) >= 11 is 0. The molecular weight excluding hydrogens is 426 g/mol. The number of carbonyl (C=O) groups is 1. The maximum atomic E-state index is 12.8. The molecule has 1 N–H and O–H groups in total. The SMILES string of the molecule is C[C@H]1CN(Cc2ccc(N(C)C(=O)Cc3ccc(Oc4cccc(C#N)c4)nc3)cc2)CCN1. The molecule has 0 aliphatic carbocycles. The fraction of sp³-hybridized carbons (Fsp3) is 0.296. The molecule has 1 aromatic heterocycles. The van der Waals surface area contributed by atoms with Crippen molar-refractivity contribution in [3.63, 3.8) is 0 Å². The van der Waals surface area contributed by atoms with Gasteiger partial charge in [-0.15, -0.1) is 0 Å². The molecule has 1 fully saturated rings. The summed E-state index contributed by atoms with van der Waals surface area (Å²) in [5.41, 5.74) is 3.44. The van der Waals surface area contributed by atoms with Crippen LogP contribution in [-0.4, -0.2) is 48.5 Å². The van der Waals surface area contributed by atoms with E-state index in [1.54, 1.807) is 48.5 Å². The van der Waals surface area contributed by atoms with Gasteiger partial charge in [0.15, 0.2) is 0 Å². The van der Waals surface area contributed by atoms with Crippen molar-refractivity contribution in [2.75, 3.05) is 31.6 Å². The van der Waals surface area contributed by atoms with Crippen LogP contribution in [0.25, 0.3) is 0 Å². The number of piperazine rings is 1. The molecule has 0 radical (unpaired) electrons. The molecule has 7 heteroatoms. The molecular formula is C27H29N5O2. The number of aromatic nitrogens is 1. The number of benzene rings is 2. The standard InChI is InChI=1S/C27H29N5O2/c1-20-18-32(13-12-29-20)19-21-6-9-24(10-7-21)31(2)27(33)15-23-8-11-26(30-17-23)34-25-5-3-4-22(14-25)16-28/h3-11,14,17,20,29H,12-13,15,18-19H2,1-2H3/t20-/m0/s1. The normalized spacial score (nSPS) is 16.0. The molecule has 7 nitrogen and oxygen atoms in total. The van der Waals surface area contributed by atoms with Gasteiger partial charge in [0.05, 0.1) is 18.1 Å². The van der Waals surface area contributed by atoms with E-state index in [2.05, 4.69) is 40.3 Å². The van der Waals surface area contributed by atoms with Crippen LogP contribution >= 0.6 is 0 Å². The summed E-state index contributed by atoms with van der Waals surface area (Å²) in [7, 11) is 1.79. The number of hydrogen-bond donors (Lipinski definition) is 1. The first-order valence-electron chi connectivity index (χ1n) is 11.4. The molecule has 2 aromatic carbocycles. The van der Waals surface area contributed by atoms with Crippen LogP contribution in [0.2, 0.25) is 0 Å². The van der Waals surface area contributed by atoms with Crippen molar-refractivity contribution in [2.45, 2.75) is 25.9 Å². The van der Waals surface area contributed by atoms with Gasteiger partial charge in [-0.2, -0.15) is 5.26 Å². The number of nitriles is 1. The number of amides is 1. The van der Waals surface area contributed by atoms with E-state index in [-0.39, 0.29) is 12.3 Å². The maximum Gasteiger partial charge on any atom is 0.231 e. The molecule has 1 saturated heterocycles. The van der Waals surface area contributed by atoms with Gasteiger partial charge < -0.3 is 15.0 Å². The highest BCUT2D eigenvalue weighted by atomic mass is 16.5. The Bertz CT molecular complexity index is 1150. The van der Waals surface area contributed by atoms with Gasteiger partial charge in [0.25, 0.3) is 0 Å². The second-order valence-electron chi connectivity index (χ2n) is 8.63. The van der Waals surface area contributed by atoms with E-state index in [9.17, 15) is 4.79 Å². The lowest BCUT2D eigenvalue weighted by Crippen LogP contribution is -2.48. The molecule has 0 spiro atoms. The van der Waals surface area contributed by atoms with Crippen LogP contribution in [0.15, 0.2) is 66.9 Å². The van der Waals surface area contributed by atoms with E-state index >= 15 is 0 Å². The Labute approximate surface area is 200 Å². The first-order chi connectivity index (χ1) is 16.5. The second kappa shape index (κ2) is 10.9. The van der Waals surface area contributed by atoms with E-state index in [1.807, 2.05) is 18.2 Å². The Hall–Kier alpha value is -3.73. The third kappa shape index (κ3) is 6.19. The van der Waals surface area contributed by atoms with Crippen molar-refractivity contribution in [3.8, 4) is 17.7 Å². The highest BCUT2D eigenvalue weighted by Gasteiger charge is 2.16. The number of nitrogens with zero attached hydrogens (tertiary/aromatic N) is 4.